The lowest BCUT2D eigenvalue weighted by Crippen LogP contribution is -2.30. The van der Waals surface area contributed by atoms with Crippen LogP contribution in [0, 0.1) is 0 Å². The van der Waals surface area contributed by atoms with Crippen LogP contribution in [0.3, 0.4) is 0 Å². The van der Waals surface area contributed by atoms with Crippen LogP contribution in [-0.4, -0.2) is 40.1 Å². The maximum atomic E-state index is 12.4. The zero-order valence-electron chi connectivity index (χ0n) is 11.3. The van der Waals surface area contributed by atoms with Gasteiger partial charge in [0, 0.05) is 24.3 Å². The van der Waals surface area contributed by atoms with Gasteiger partial charge in [-0.15, -0.1) is 0 Å². The average molecular weight is 264 g/mol. The standard InChI is InChI=1S/C13H20N4O2/c1-8(2)11-5-9(6-12(15-11)16-14)13(19)17-4-3-10(18)7-17/h5-6,8,10,18H,3-4,7,14H2,1-2H3,(H,15,16). The van der Waals surface area contributed by atoms with Crippen molar-refractivity contribution in [3.8, 4) is 0 Å². The van der Waals surface area contributed by atoms with E-state index in [1.165, 1.54) is 0 Å². The molecule has 2 rings (SSSR count). The Morgan fingerprint density at radius 1 is 1.58 bits per heavy atom. The zero-order valence-corrected chi connectivity index (χ0v) is 11.3. The lowest BCUT2D eigenvalue weighted by molar-refractivity contribution is 0.0765. The first-order valence-electron chi connectivity index (χ1n) is 6.47. The van der Waals surface area contributed by atoms with Crippen molar-refractivity contribution in [1.29, 1.82) is 0 Å². The topological polar surface area (TPSA) is 91.5 Å². The normalized spacial score (nSPS) is 19.0. The minimum atomic E-state index is -0.414. The van der Waals surface area contributed by atoms with E-state index in [1.54, 1.807) is 17.0 Å². The van der Waals surface area contributed by atoms with E-state index in [0.29, 0.717) is 30.9 Å². The van der Waals surface area contributed by atoms with Crippen molar-refractivity contribution >= 4 is 11.7 Å². The molecule has 0 radical (unpaired) electrons. The number of β-amino-alcohol motifs (C(OH)–C–C–N with tert-alkyl or cyclic N) is 1. The number of nitrogens with two attached hydrogens (primary N) is 1. The van der Waals surface area contributed by atoms with Gasteiger partial charge in [-0.3, -0.25) is 4.79 Å². The molecule has 1 saturated heterocycles. The van der Waals surface area contributed by atoms with Gasteiger partial charge in [-0.25, -0.2) is 10.8 Å². The molecule has 104 valence electrons. The highest BCUT2D eigenvalue weighted by Crippen LogP contribution is 2.20. The summed E-state index contributed by atoms with van der Waals surface area (Å²) in [5, 5.41) is 9.50. The zero-order chi connectivity index (χ0) is 14.0. The number of aliphatic hydroxyl groups is 1. The largest absolute Gasteiger partial charge is 0.391 e. The van der Waals surface area contributed by atoms with Gasteiger partial charge in [0.05, 0.1) is 6.10 Å². The van der Waals surface area contributed by atoms with Crippen molar-refractivity contribution in [2.24, 2.45) is 5.84 Å². The lowest BCUT2D eigenvalue weighted by atomic mass is 10.1. The number of hydrazine groups is 1. The molecule has 0 saturated carbocycles. The van der Waals surface area contributed by atoms with Crippen molar-refractivity contribution in [2.75, 3.05) is 18.5 Å². The summed E-state index contributed by atoms with van der Waals surface area (Å²) in [6.45, 7) is 5.00. The van der Waals surface area contributed by atoms with Crippen LogP contribution in [0.2, 0.25) is 0 Å². The molecule has 1 aromatic heterocycles. The predicted octanol–water partition coefficient (Wildman–Crippen LogP) is 0.697. The molecule has 1 unspecified atom stereocenters. The first-order chi connectivity index (χ1) is 9.01. The average Bonchev–Trinajstić information content (AvgIpc) is 2.83. The molecule has 0 aliphatic carbocycles. The minimum absolute atomic E-state index is 0.0858. The van der Waals surface area contributed by atoms with E-state index in [9.17, 15) is 9.90 Å². The Kier molecular flexibility index (Phi) is 4.01. The van der Waals surface area contributed by atoms with Crippen molar-refractivity contribution in [2.45, 2.75) is 32.3 Å². The number of aromatic nitrogens is 1. The highest BCUT2D eigenvalue weighted by atomic mass is 16.3. The van der Waals surface area contributed by atoms with E-state index < -0.39 is 6.10 Å². The number of anilines is 1. The third-order valence-electron chi connectivity index (χ3n) is 3.28. The molecule has 0 aromatic carbocycles. The fraction of sp³-hybridized carbons (Fsp3) is 0.538. The molecular weight excluding hydrogens is 244 g/mol. The third-order valence-corrected chi connectivity index (χ3v) is 3.28. The van der Waals surface area contributed by atoms with E-state index in [0.717, 1.165) is 5.69 Å². The fourth-order valence-corrected chi connectivity index (χ4v) is 2.15. The number of hydrogen-bond acceptors (Lipinski definition) is 5. The van der Waals surface area contributed by atoms with Gasteiger partial charge in [0.1, 0.15) is 5.82 Å². The molecule has 1 amide bonds. The fourth-order valence-electron chi connectivity index (χ4n) is 2.15. The van der Waals surface area contributed by atoms with Gasteiger partial charge in [-0.1, -0.05) is 13.8 Å². The minimum Gasteiger partial charge on any atom is -0.391 e. The van der Waals surface area contributed by atoms with E-state index in [1.807, 2.05) is 13.8 Å². The quantitative estimate of drug-likeness (QED) is 0.552. The number of pyridine rings is 1. The third kappa shape index (κ3) is 3.02. The summed E-state index contributed by atoms with van der Waals surface area (Å²) in [6.07, 6.45) is 0.220. The highest BCUT2D eigenvalue weighted by molar-refractivity contribution is 5.95. The lowest BCUT2D eigenvalue weighted by Gasteiger charge is -2.17. The predicted molar refractivity (Wildman–Crippen MR) is 72.7 cm³/mol. The molecule has 6 heteroatoms. The summed E-state index contributed by atoms with van der Waals surface area (Å²) in [5.74, 6) is 5.99. The Morgan fingerprint density at radius 3 is 2.84 bits per heavy atom. The van der Waals surface area contributed by atoms with Crippen LogP contribution in [-0.2, 0) is 0 Å². The van der Waals surface area contributed by atoms with Crippen molar-refractivity contribution in [3.05, 3.63) is 23.4 Å². The summed E-state index contributed by atoms with van der Waals surface area (Å²) in [5.41, 5.74) is 3.86. The van der Waals surface area contributed by atoms with E-state index >= 15 is 0 Å². The van der Waals surface area contributed by atoms with Gasteiger partial charge in [0.2, 0.25) is 0 Å². The molecule has 1 atom stereocenters. The second-order valence-corrected chi connectivity index (χ2v) is 5.16. The number of rotatable bonds is 3. The van der Waals surface area contributed by atoms with Crippen LogP contribution in [0.1, 0.15) is 42.2 Å². The number of aliphatic hydroxyl groups excluding tert-OH is 1. The maximum absolute atomic E-state index is 12.4. The number of nitrogens with one attached hydrogen (secondary N) is 1. The Bertz CT molecular complexity index is 476. The van der Waals surface area contributed by atoms with Crippen LogP contribution in [0.25, 0.3) is 0 Å². The Morgan fingerprint density at radius 2 is 2.32 bits per heavy atom. The van der Waals surface area contributed by atoms with Gasteiger partial charge >= 0.3 is 0 Å². The monoisotopic (exact) mass is 264 g/mol. The van der Waals surface area contributed by atoms with E-state index in [4.69, 9.17) is 5.84 Å². The highest BCUT2D eigenvalue weighted by Gasteiger charge is 2.26. The number of carbonyl (C=O) groups excluding carboxylic acids is 1. The van der Waals surface area contributed by atoms with Crippen molar-refractivity contribution in [3.63, 3.8) is 0 Å². The molecule has 1 fully saturated rings. The molecule has 1 aliphatic heterocycles. The first kappa shape index (κ1) is 13.8. The van der Waals surface area contributed by atoms with Crippen LogP contribution in [0.4, 0.5) is 5.82 Å². The van der Waals surface area contributed by atoms with Crippen LogP contribution < -0.4 is 11.3 Å². The summed E-state index contributed by atoms with van der Waals surface area (Å²) >= 11 is 0. The number of hydrogen-bond donors (Lipinski definition) is 3. The summed E-state index contributed by atoms with van der Waals surface area (Å²) < 4.78 is 0. The number of amides is 1. The van der Waals surface area contributed by atoms with E-state index in [-0.39, 0.29) is 11.8 Å². The first-order valence-corrected chi connectivity index (χ1v) is 6.47. The molecule has 2 heterocycles. The SMILES string of the molecule is CC(C)c1cc(C(=O)N2CCC(O)C2)cc(NN)n1. The van der Waals surface area contributed by atoms with Gasteiger partial charge in [-0.05, 0) is 24.5 Å². The maximum Gasteiger partial charge on any atom is 0.254 e. The number of nitrogens with zero attached hydrogens (tertiary/aromatic N) is 2. The van der Waals surface area contributed by atoms with Gasteiger partial charge < -0.3 is 15.4 Å². The van der Waals surface area contributed by atoms with Gasteiger partial charge in [0.15, 0.2) is 0 Å². The number of likely N-dealkylation sites (tertiary alicyclic amines) is 1. The van der Waals surface area contributed by atoms with Crippen LogP contribution in [0.5, 0.6) is 0 Å². The molecular formula is C13H20N4O2. The molecule has 1 aromatic rings. The summed E-state index contributed by atoms with van der Waals surface area (Å²) in [4.78, 5) is 18.3. The Labute approximate surface area is 112 Å². The second kappa shape index (κ2) is 5.54. The molecule has 0 spiro atoms. The van der Waals surface area contributed by atoms with Crippen LogP contribution in [0.15, 0.2) is 12.1 Å². The Balaban J connectivity index is 2.28. The van der Waals surface area contributed by atoms with Crippen molar-refractivity contribution < 1.29 is 9.90 Å². The Hall–Kier alpha value is -1.66. The van der Waals surface area contributed by atoms with Gasteiger partial charge in [-0.2, -0.15) is 0 Å². The van der Waals surface area contributed by atoms with Crippen LogP contribution >= 0.6 is 0 Å². The molecule has 6 nitrogen and oxygen atoms in total. The molecule has 4 N–H and O–H groups in total. The second-order valence-electron chi connectivity index (χ2n) is 5.16. The smallest absolute Gasteiger partial charge is 0.254 e. The number of nitrogen functional groups attached to an aromatic ring is 1. The molecule has 1 aliphatic rings. The summed E-state index contributed by atoms with van der Waals surface area (Å²) in [6, 6.07) is 3.43. The van der Waals surface area contributed by atoms with Gasteiger partial charge in [0.25, 0.3) is 5.91 Å². The molecule has 0 bridgehead atoms. The van der Waals surface area contributed by atoms with E-state index in [2.05, 4.69) is 10.4 Å². The number of carbonyl (C=O) groups is 1. The van der Waals surface area contributed by atoms with Crippen molar-refractivity contribution in [1.82, 2.24) is 9.88 Å². The summed E-state index contributed by atoms with van der Waals surface area (Å²) in [7, 11) is 0. The molecule has 19 heavy (non-hydrogen) atoms.